The number of sulfonamides is 2. The smallest absolute Gasteiger partial charge is 0.328 e. The Morgan fingerprint density at radius 3 is 1.46 bits per heavy atom. The Bertz CT molecular complexity index is 6020. The Morgan fingerprint density at radius 1 is 0.552 bits per heavy atom. The highest BCUT2D eigenvalue weighted by Gasteiger charge is 2.43. The third-order valence-electron chi connectivity index (χ3n) is 19.2. The maximum Gasteiger partial charge on any atom is 0.328 e. The molecule has 0 aliphatic carbocycles. The molecule has 12 rings (SSSR count). The molecule has 0 bridgehead atoms. The van der Waals surface area contributed by atoms with E-state index in [1.807, 2.05) is 75.4 Å². The van der Waals surface area contributed by atoms with Crippen LogP contribution in [0, 0.1) is 18.8 Å². The fourth-order valence-electron chi connectivity index (χ4n) is 13.0. The van der Waals surface area contributed by atoms with Gasteiger partial charge in [0, 0.05) is 19.8 Å². The number of hydrogen-bond donors (Lipinski definition) is 6. The van der Waals surface area contributed by atoms with Gasteiger partial charge in [-0.15, -0.1) is 32.9 Å². The van der Waals surface area contributed by atoms with Gasteiger partial charge in [0.15, 0.2) is 6.10 Å². The lowest BCUT2D eigenvalue weighted by Crippen LogP contribution is -2.47. The number of aliphatic hydroxyl groups excluding tert-OH is 1. The highest BCUT2D eigenvalue weighted by Crippen LogP contribution is 2.41. The van der Waals surface area contributed by atoms with Crippen molar-refractivity contribution in [1.82, 2.24) is 55.3 Å². The number of ether oxygens (including phenoxy) is 8. The zero-order valence-electron chi connectivity index (χ0n) is 69.0. The topological polar surface area (TPSA) is 461 Å². The monoisotopic (exact) mass is 1810 g/mol. The molecule has 0 aliphatic rings. The van der Waals surface area contributed by atoms with Crippen molar-refractivity contribution < 1.29 is 106 Å². The highest BCUT2D eigenvalue weighted by atomic mass is 32.3. The number of halogens is 1. The second-order valence-electron chi connectivity index (χ2n) is 29.2. The number of alkyl halides is 1. The summed E-state index contributed by atoms with van der Waals surface area (Å²) in [5.74, 6) is -1.52. The second-order valence-corrected chi connectivity index (χ2v) is 36.4. The number of carbonyl (C=O) groups excluding carboxylic acids is 4. The number of amides is 2. The first kappa shape index (κ1) is 93.3. The Labute approximate surface area is 727 Å². The number of aliphatic hydroxyl groups is 1. The highest BCUT2D eigenvalue weighted by molar-refractivity contribution is 7.92. The number of aliphatic carboxylic acids is 1. The molecule has 8 aromatic carbocycles. The van der Waals surface area contributed by atoms with Crippen LogP contribution >= 0.6 is 22.7 Å². The third-order valence-corrected chi connectivity index (χ3v) is 25.7. The zero-order chi connectivity index (χ0) is 89.9. The molecule has 0 saturated heterocycles. The van der Waals surface area contributed by atoms with E-state index in [9.17, 15) is 63.8 Å². The number of aryl methyl sites for hydroxylation is 1. The summed E-state index contributed by atoms with van der Waals surface area (Å²) in [7, 11) is -8.08. The molecule has 4 aromatic heterocycles. The summed E-state index contributed by atoms with van der Waals surface area (Å²) < 4.78 is 146. The van der Waals surface area contributed by atoms with Gasteiger partial charge < -0.3 is 58.7 Å². The molecule has 34 nitrogen and oxygen atoms in total. The third kappa shape index (κ3) is 24.6. The van der Waals surface area contributed by atoms with Gasteiger partial charge in [0.2, 0.25) is 20.5 Å². The lowest BCUT2D eigenvalue weighted by Gasteiger charge is -2.36. The van der Waals surface area contributed by atoms with Crippen LogP contribution in [-0.4, -0.2) is 177 Å². The van der Waals surface area contributed by atoms with Crippen LogP contribution in [0.5, 0.6) is 34.5 Å². The molecular formula is C85H91FN12O22S5. The Balaban J connectivity index is 0.000000290. The van der Waals surface area contributed by atoms with Crippen molar-refractivity contribution in [3.8, 4) is 34.5 Å². The van der Waals surface area contributed by atoms with Crippen LogP contribution < -0.4 is 48.9 Å². The lowest BCUT2D eigenvalue weighted by molar-refractivity contribution is -0.149. The van der Waals surface area contributed by atoms with E-state index in [1.165, 1.54) is 41.7 Å². The van der Waals surface area contributed by atoms with Crippen LogP contribution in [0.15, 0.2) is 214 Å². The van der Waals surface area contributed by atoms with Crippen molar-refractivity contribution in [3.63, 3.8) is 0 Å². The number of nitrogens with zero attached hydrogens (tertiary/aromatic N) is 8. The largest absolute Gasteiger partial charge is 0.497 e. The first-order valence-corrected chi connectivity index (χ1v) is 44.7. The normalized spacial score (nSPS) is 13.3. The number of carboxylic acids is 1. The van der Waals surface area contributed by atoms with Gasteiger partial charge in [-0.1, -0.05) is 135 Å². The number of methoxy groups -OCH3 is 3. The molecule has 6 atom stereocenters. The molecule has 0 radical (unpaired) electrons. The van der Waals surface area contributed by atoms with Crippen LogP contribution in [-0.2, 0) is 99.4 Å². The van der Waals surface area contributed by atoms with Crippen molar-refractivity contribution in [2.24, 2.45) is 17.0 Å². The molecule has 0 aliphatic heterocycles. The van der Waals surface area contributed by atoms with Gasteiger partial charge in [0.1, 0.15) is 121 Å². The van der Waals surface area contributed by atoms with E-state index in [-0.39, 0.29) is 64.7 Å². The fraction of sp³-hybridized carbons (Fsp3) is 0.306. The minimum absolute atomic E-state index is 0.0109. The van der Waals surface area contributed by atoms with Crippen molar-refractivity contribution in [3.05, 3.63) is 245 Å². The van der Waals surface area contributed by atoms with Crippen LogP contribution in [0.1, 0.15) is 91.5 Å². The first-order chi connectivity index (χ1) is 59.6. The maximum absolute atomic E-state index is 14.7. The number of aromatic nitrogens is 8. The molecule has 0 fully saturated rings. The fourth-order valence-corrected chi connectivity index (χ4v) is 18.2. The molecule has 7 N–H and O–H groups in total. The Hall–Kier alpha value is -12.4. The summed E-state index contributed by atoms with van der Waals surface area (Å²) in [5.41, 5.74) is 4.26. The molecule has 660 valence electrons. The van der Waals surface area contributed by atoms with Gasteiger partial charge in [-0.2, -0.15) is 13.1 Å². The van der Waals surface area contributed by atoms with Crippen LogP contribution in [0.25, 0.3) is 20.4 Å². The van der Waals surface area contributed by atoms with Gasteiger partial charge >= 0.3 is 17.9 Å². The molecule has 2 amide bonds. The molecule has 2 unspecified atom stereocenters. The summed E-state index contributed by atoms with van der Waals surface area (Å²) in [6.45, 7) is 8.28. The van der Waals surface area contributed by atoms with Gasteiger partial charge in [0.25, 0.3) is 30.2 Å². The molecule has 0 saturated carbocycles. The number of benzene rings is 8. The number of nitrogens with one attached hydrogen (secondary N) is 3. The van der Waals surface area contributed by atoms with E-state index in [1.54, 1.807) is 156 Å². The SMILES string of the molecule is CC(C)[C@@H](C(=O)N[C@@H](Cc1ccc(OCC(O)C[18F])cc1)C(=O)O)n1cc(COc2ccc3nc(S(N)(=O)=O)sc3c2)nn1.COC(=O)[C@H](Cc1ccc(OCC(COS(=O)(=O)c2ccc(C)cc2)OC(C)=O)cc1)NC(=O)[C@H](C(C)C)n1cc(COc2ccc3nc(S(=O)(=O)NC(c4ccccc4)(c4ccc(OC)cc4)c4ccc(OC)cc4)sc3c2)nn1. The molecule has 0 spiro atoms. The number of carboxylic acid groups (broad SMARTS) is 1. The predicted molar refractivity (Wildman–Crippen MR) is 456 cm³/mol. The zero-order valence-corrected chi connectivity index (χ0v) is 73.0. The molecule has 125 heavy (non-hydrogen) atoms. The van der Waals surface area contributed by atoms with E-state index in [0.29, 0.717) is 94.1 Å². The van der Waals surface area contributed by atoms with Crippen LogP contribution in [0.2, 0.25) is 0 Å². The summed E-state index contributed by atoms with van der Waals surface area (Å²) >= 11 is 1.90. The summed E-state index contributed by atoms with van der Waals surface area (Å²) in [6, 6.07) is 48.4. The lowest BCUT2D eigenvalue weighted by atomic mass is 9.78. The molecule has 4 heterocycles. The van der Waals surface area contributed by atoms with Gasteiger partial charge in [-0.3, -0.25) is 18.6 Å². The van der Waals surface area contributed by atoms with Crippen LogP contribution in [0.3, 0.4) is 0 Å². The average Bonchev–Trinajstić information content (AvgIpc) is 1.70. The number of nitrogens with two attached hydrogens (primary N) is 1. The number of hydrogen-bond acceptors (Lipinski definition) is 29. The predicted octanol–water partition coefficient (Wildman–Crippen LogP) is 9.71. The van der Waals surface area contributed by atoms with Crippen molar-refractivity contribution in [2.75, 3.05) is 47.8 Å². The van der Waals surface area contributed by atoms with E-state index in [0.717, 1.165) is 28.2 Å². The van der Waals surface area contributed by atoms with E-state index < -0.39 is 115 Å². The summed E-state index contributed by atoms with van der Waals surface area (Å²) in [5, 5.41) is 46.3. The van der Waals surface area contributed by atoms with Gasteiger partial charge in [-0.25, -0.2) is 55.3 Å². The number of thiazole rings is 2. The number of primary sulfonamides is 1. The van der Waals surface area contributed by atoms with Gasteiger partial charge in [0.05, 0.1) is 59.1 Å². The minimum Gasteiger partial charge on any atom is -0.497 e. The minimum atomic E-state index is -4.35. The number of fused-ring (bicyclic) bond motifs is 2. The standard InChI is InChI=1S/C58H60N6O14S3.C27H31FN6O8S2/c1-37(2)54(55(66)59-52(56(67)74-7)31-40-15-21-47(22-16-40)76-35-49(78-39(4)65)36-77-81(70,71)50-28-13-38(3)14-29-50)64-33-44(61-63-64)34-75-48-27-30-51-53(32-48)79-57(60-51)80(68,69)62-58(41-11-9-8-10-12-41,42-17-23-45(72-5)24-18-42)43-19-25-46(73-6)26-20-43;1-15(2)24(25(36)30-22(26(37)38)9-16-3-5-19(6-4-16)42-14-18(35)11-28)34-12-17(32-33-34)13-41-20-7-8-21-23(10-20)43-27(31-21)44(29,39)40/h8-30,32-33,37,49,52,54,62H,31,34-36H2,1-7H3,(H,59,66);3-8,10,12,15,18,22,24,35H,9,11,13-14H2,1-2H3,(H,30,36)(H,37,38)(H2,29,39,40)/t49?,52-,54-;18?,22-,24-/m00/s1/i;28-1. The summed E-state index contributed by atoms with van der Waals surface area (Å²) in [6.07, 6.45) is 0.824. The Kier molecular flexibility index (Phi) is 31.2. The van der Waals surface area contributed by atoms with E-state index in [2.05, 4.69) is 45.9 Å². The van der Waals surface area contributed by atoms with Crippen molar-refractivity contribution in [1.29, 1.82) is 0 Å². The Morgan fingerprint density at radius 2 is 1.00 bits per heavy atom. The quantitative estimate of drug-likeness (QED) is 0.0118. The number of rotatable bonds is 41. The second kappa shape index (κ2) is 41.8. The van der Waals surface area contributed by atoms with Gasteiger partial charge in [-0.05, 0) is 144 Å². The van der Waals surface area contributed by atoms with Crippen molar-refractivity contribution in [2.45, 2.75) is 123 Å². The molecule has 12 aromatic rings. The van der Waals surface area contributed by atoms with E-state index in [4.69, 9.17) is 47.2 Å². The van der Waals surface area contributed by atoms with Crippen LogP contribution in [0.4, 0.5) is 4.39 Å². The number of carbonyl (C=O) groups is 5. The molecule has 40 heteroatoms. The van der Waals surface area contributed by atoms with Crippen molar-refractivity contribution >= 4 is 103 Å². The maximum atomic E-state index is 14.7. The first-order valence-electron chi connectivity index (χ1n) is 38.7. The molecular weight excluding hydrogens is 1720 g/mol. The van der Waals surface area contributed by atoms with E-state index >= 15 is 0 Å². The number of esters is 2. The summed E-state index contributed by atoms with van der Waals surface area (Å²) in [4.78, 5) is 72.8. The average molecular weight is 1810 g/mol.